The SMILES string of the molecule is O=C(N1CCN(Cc2nc3sc4c(c3c(=O)[nH]2)CCCC4)CC1)C1(c2ccc(Cl)cc2)CC1. The Bertz CT molecular complexity index is 1270. The van der Waals surface area contributed by atoms with E-state index in [1.54, 1.807) is 11.3 Å². The molecule has 0 bridgehead atoms. The Labute approximate surface area is 201 Å². The Morgan fingerprint density at radius 3 is 2.55 bits per heavy atom. The van der Waals surface area contributed by atoms with Gasteiger partial charge in [0.2, 0.25) is 5.91 Å². The molecule has 6 nitrogen and oxygen atoms in total. The van der Waals surface area contributed by atoms with E-state index in [1.807, 2.05) is 29.2 Å². The van der Waals surface area contributed by atoms with E-state index in [-0.39, 0.29) is 16.9 Å². The van der Waals surface area contributed by atoms with Gasteiger partial charge in [-0.05, 0) is 61.8 Å². The first-order valence-electron chi connectivity index (χ1n) is 11.8. The van der Waals surface area contributed by atoms with Gasteiger partial charge in [-0.3, -0.25) is 14.5 Å². The molecule has 1 aromatic carbocycles. The average Bonchev–Trinajstić information content (AvgIpc) is 3.54. The number of fused-ring (bicyclic) bond motifs is 3. The van der Waals surface area contributed by atoms with E-state index >= 15 is 0 Å². The number of rotatable bonds is 4. The number of aryl methyl sites for hydroxylation is 2. The Balaban J connectivity index is 1.13. The topological polar surface area (TPSA) is 69.3 Å². The van der Waals surface area contributed by atoms with Crippen LogP contribution in [-0.4, -0.2) is 51.9 Å². The van der Waals surface area contributed by atoms with Crippen LogP contribution < -0.4 is 5.56 Å². The fraction of sp³-hybridized carbons (Fsp3) is 0.480. The molecule has 0 atom stereocenters. The van der Waals surface area contributed by atoms with Gasteiger partial charge in [0.05, 0.1) is 17.3 Å². The number of carbonyl (C=O) groups excluding carboxylic acids is 1. The summed E-state index contributed by atoms with van der Waals surface area (Å²) < 4.78 is 0. The number of hydrogen-bond acceptors (Lipinski definition) is 5. The predicted octanol–water partition coefficient (Wildman–Crippen LogP) is 3.89. The first-order chi connectivity index (χ1) is 16.0. The predicted molar refractivity (Wildman–Crippen MR) is 131 cm³/mol. The monoisotopic (exact) mass is 482 g/mol. The molecule has 3 aliphatic rings. The third-order valence-corrected chi connectivity index (χ3v) is 8.90. The molecular weight excluding hydrogens is 456 g/mol. The molecule has 0 unspecified atom stereocenters. The van der Waals surface area contributed by atoms with Crippen LogP contribution in [0.1, 0.15) is 47.5 Å². The van der Waals surface area contributed by atoms with Crippen LogP contribution in [0.4, 0.5) is 0 Å². The number of H-pyrrole nitrogens is 1. The molecule has 3 heterocycles. The minimum atomic E-state index is -0.358. The van der Waals surface area contributed by atoms with Crippen molar-refractivity contribution in [2.45, 2.75) is 50.5 Å². The van der Waals surface area contributed by atoms with Gasteiger partial charge in [-0.1, -0.05) is 23.7 Å². The van der Waals surface area contributed by atoms with Crippen LogP contribution in [0.15, 0.2) is 29.1 Å². The standard InChI is InChI=1S/C25H27ClN4O2S/c26-17-7-5-16(6-8-17)25(9-10-25)24(32)30-13-11-29(12-14-30)15-20-27-22(31)21-18-3-1-2-4-19(18)33-23(21)28-20/h5-8H,1-4,9-15H2,(H,27,28,31). The summed E-state index contributed by atoms with van der Waals surface area (Å²) in [5.74, 6) is 0.965. The van der Waals surface area contributed by atoms with Gasteiger partial charge in [0.1, 0.15) is 10.7 Å². The second kappa shape index (κ2) is 8.22. The number of thiophene rings is 1. The number of aromatic nitrogens is 2. The smallest absolute Gasteiger partial charge is 0.259 e. The molecule has 2 aromatic heterocycles. The van der Waals surface area contributed by atoms with Gasteiger partial charge in [-0.25, -0.2) is 4.98 Å². The highest BCUT2D eigenvalue weighted by Gasteiger charge is 2.53. The van der Waals surface area contributed by atoms with Crippen LogP contribution in [0.3, 0.4) is 0 Å². The van der Waals surface area contributed by atoms with Crippen LogP contribution >= 0.6 is 22.9 Å². The molecule has 172 valence electrons. The molecule has 6 rings (SSSR count). The highest BCUT2D eigenvalue weighted by atomic mass is 35.5. The summed E-state index contributed by atoms with van der Waals surface area (Å²) >= 11 is 7.73. The fourth-order valence-corrected chi connectivity index (χ4v) is 6.83. The summed E-state index contributed by atoms with van der Waals surface area (Å²) in [6, 6.07) is 7.72. The van der Waals surface area contributed by atoms with Crippen molar-refractivity contribution in [2.75, 3.05) is 26.2 Å². The van der Waals surface area contributed by atoms with E-state index in [2.05, 4.69) is 9.88 Å². The van der Waals surface area contributed by atoms with Crippen LogP contribution in [0.5, 0.6) is 0 Å². The zero-order valence-corrected chi connectivity index (χ0v) is 20.1. The number of hydrogen-bond donors (Lipinski definition) is 1. The van der Waals surface area contributed by atoms with Crippen molar-refractivity contribution in [3.63, 3.8) is 0 Å². The lowest BCUT2D eigenvalue weighted by molar-refractivity contribution is -0.135. The summed E-state index contributed by atoms with van der Waals surface area (Å²) in [5, 5.41) is 1.51. The van der Waals surface area contributed by atoms with E-state index in [1.165, 1.54) is 16.9 Å². The molecule has 1 saturated heterocycles. The number of nitrogens with zero attached hydrogens (tertiary/aromatic N) is 3. The van der Waals surface area contributed by atoms with E-state index in [0.29, 0.717) is 24.7 Å². The van der Waals surface area contributed by atoms with Crippen LogP contribution in [0, 0.1) is 0 Å². The summed E-state index contributed by atoms with van der Waals surface area (Å²) in [7, 11) is 0. The van der Waals surface area contributed by atoms with Crippen LogP contribution in [0.25, 0.3) is 10.2 Å². The Morgan fingerprint density at radius 1 is 1.09 bits per heavy atom. The number of carbonyl (C=O) groups is 1. The average molecular weight is 483 g/mol. The van der Waals surface area contributed by atoms with Crippen molar-refractivity contribution in [1.29, 1.82) is 0 Å². The molecule has 0 spiro atoms. The molecule has 1 amide bonds. The Hall–Kier alpha value is -2.22. The lowest BCUT2D eigenvalue weighted by Crippen LogP contribution is -2.51. The summed E-state index contributed by atoms with van der Waals surface area (Å²) in [5.41, 5.74) is 1.95. The van der Waals surface area contributed by atoms with Gasteiger partial charge in [0.15, 0.2) is 0 Å². The molecular formula is C25H27ClN4O2S. The van der Waals surface area contributed by atoms with Crippen molar-refractivity contribution >= 4 is 39.1 Å². The lowest BCUT2D eigenvalue weighted by Gasteiger charge is -2.36. The zero-order valence-electron chi connectivity index (χ0n) is 18.5. The van der Waals surface area contributed by atoms with Gasteiger partial charge in [0, 0.05) is 36.1 Å². The fourth-order valence-electron chi connectivity index (χ4n) is 5.43. The van der Waals surface area contributed by atoms with Crippen molar-refractivity contribution in [1.82, 2.24) is 19.8 Å². The minimum absolute atomic E-state index is 0.00172. The summed E-state index contributed by atoms with van der Waals surface area (Å²) in [6.07, 6.45) is 6.23. The second-order valence-electron chi connectivity index (χ2n) is 9.56. The highest BCUT2D eigenvalue weighted by Crippen LogP contribution is 2.50. The van der Waals surface area contributed by atoms with Crippen molar-refractivity contribution in [3.8, 4) is 0 Å². The summed E-state index contributed by atoms with van der Waals surface area (Å²) in [4.78, 5) is 40.5. The number of benzene rings is 1. The Kier molecular flexibility index (Phi) is 5.31. The van der Waals surface area contributed by atoms with Gasteiger partial charge < -0.3 is 9.88 Å². The molecule has 2 aliphatic carbocycles. The van der Waals surface area contributed by atoms with Crippen LogP contribution in [0.2, 0.25) is 5.02 Å². The zero-order chi connectivity index (χ0) is 22.6. The first kappa shape index (κ1) is 21.3. The second-order valence-corrected chi connectivity index (χ2v) is 11.1. The van der Waals surface area contributed by atoms with E-state index < -0.39 is 0 Å². The van der Waals surface area contributed by atoms with Gasteiger partial charge in [0.25, 0.3) is 5.56 Å². The normalized spacial score (nSPS) is 20.1. The molecule has 33 heavy (non-hydrogen) atoms. The maximum Gasteiger partial charge on any atom is 0.259 e. The highest BCUT2D eigenvalue weighted by molar-refractivity contribution is 7.18. The van der Waals surface area contributed by atoms with E-state index in [0.717, 1.165) is 66.8 Å². The first-order valence-corrected chi connectivity index (χ1v) is 13.0. The summed E-state index contributed by atoms with van der Waals surface area (Å²) in [6.45, 7) is 3.58. The number of piperazine rings is 1. The van der Waals surface area contributed by atoms with Crippen molar-refractivity contribution in [2.24, 2.45) is 0 Å². The molecule has 1 aliphatic heterocycles. The Morgan fingerprint density at radius 2 is 1.82 bits per heavy atom. The number of halogens is 1. The van der Waals surface area contributed by atoms with Gasteiger partial charge in [-0.2, -0.15) is 0 Å². The maximum absolute atomic E-state index is 13.3. The number of aromatic amines is 1. The quantitative estimate of drug-likeness (QED) is 0.612. The largest absolute Gasteiger partial charge is 0.339 e. The molecule has 1 saturated carbocycles. The number of nitrogens with one attached hydrogen (secondary N) is 1. The molecule has 8 heteroatoms. The minimum Gasteiger partial charge on any atom is -0.339 e. The van der Waals surface area contributed by atoms with Crippen molar-refractivity contribution in [3.05, 3.63) is 61.5 Å². The van der Waals surface area contributed by atoms with E-state index in [4.69, 9.17) is 16.6 Å². The molecule has 0 radical (unpaired) electrons. The third-order valence-electron chi connectivity index (χ3n) is 7.46. The molecule has 2 fully saturated rings. The van der Waals surface area contributed by atoms with Gasteiger partial charge in [-0.15, -0.1) is 11.3 Å². The number of amides is 1. The molecule has 3 aromatic rings. The van der Waals surface area contributed by atoms with E-state index in [9.17, 15) is 9.59 Å². The lowest BCUT2D eigenvalue weighted by atomic mass is 9.94. The van der Waals surface area contributed by atoms with Gasteiger partial charge >= 0.3 is 0 Å². The van der Waals surface area contributed by atoms with Crippen LogP contribution in [-0.2, 0) is 29.6 Å². The van der Waals surface area contributed by atoms with Crippen molar-refractivity contribution < 1.29 is 4.79 Å². The maximum atomic E-state index is 13.3. The third kappa shape index (κ3) is 3.80. The molecule has 1 N–H and O–H groups in total.